The third kappa shape index (κ3) is 1.94. The van der Waals surface area contributed by atoms with E-state index in [1.165, 1.54) is 12.0 Å². The van der Waals surface area contributed by atoms with E-state index in [4.69, 9.17) is 9.47 Å². The smallest absolute Gasteiger partial charge is 0.338 e. The van der Waals surface area contributed by atoms with Gasteiger partial charge in [0.2, 0.25) is 0 Å². The Bertz CT molecular complexity index is 562. The zero-order chi connectivity index (χ0) is 12.5. The highest BCUT2D eigenvalue weighted by Gasteiger charge is 2.48. The maximum absolute atomic E-state index is 11.4. The number of hydrogen-bond donors (Lipinski definition) is 0. The second kappa shape index (κ2) is 4.55. The minimum Gasteiger partial charge on any atom is -0.467 e. The van der Waals surface area contributed by atoms with Gasteiger partial charge in [-0.3, -0.25) is 0 Å². The maximum Gasteiger partial charge on any atom is 0.338 e. The first-order valence-corrected chi connectivity index (χ1v) is 6.55. The summed E-state index contributed by atoms with van der Waals surface area (Å²) in [7, 11) is 1.38. The molecule has 2 heterocycles. The molecule has 0 N–H and O–H groups in total. The zero-order valence-electron chi connectivity index (χ0n) is 9.83. The molecule has 3 nitrogen and oxygen atoms in total. The first-order valence-electron chi connectivity index (χ1n) is 5.67. The number of epoxide rings is 1. The molecule has 92 valence electrons. The van der Waals surface area contributed by atoms with Gasteiger partial charge < -0.3 is 9.47 Å². The standard InChI is InChI=1S/C14H12O3S/c1-16-14(15)13-12(17-13)10-6-3-2-5-9(10)11-7-4-8-18-11/h2-8,12-13H,1H3/t12-,13+/m0/s1. The lowest BCUT2D eigenvalue weighted by molar-refractivity contribution is -0.142. The van der Waals surface area contributed by atoms with Crippen molar-refractivity contribution in [3.05, 3.63) is 47.3 Å². The molecular weight excluding hydrogens is 248 g/mol. The van der Waals surface area contributed by atoms with Crippen LogP contribution < -0.4 is 0 Å². The highest BCUT2D eigenvalue weighted by atomic mass is 32.1. The number of hydrogen-bond acceptors (Lipinski definition) is 4. The summed E-state index contributed by atoms with van der Waals surface area (Å²) in [6.45, 7) is 0. The van der Waals surface area contributed by atoms with Crippen LogP contribution in [0, 0.1) is 0 Å². The van der Waals surface area contributed by atoms with Gasteiger partial charge >= 0.3 is 5.97 Å². The van der Waals surface area contributed by atoms with Crippen molar-refractivity contribution >= 4 is 17.3 Å². The van der Waals surface area contributed by atoms with Crippen molar-refractivity contribution in [3.63, 3.8) is 0 Å². The molecule has 18 heavy (non-hydrogen) atoms. The summed E-state index contributed by atoms with van der Waals surface area (Å²) < 4.78 is 10.1. The van der Waals surface area contributed by atoms with Crippen molar-refractivity contribution in [1.29, 1.82) is 0 Å². The Kier molecular flexibility index (Phi) is 2.89. The lowest BCUT2D eigenvalue weighted by Gasteiger charge is -2.04. The first kappa shape index (κ1) is 11.4. The molecule has 0 aliphatic carbocycles. The molecule has 2 aromatic rings. The van der Waals surface area contributed by atoms with E-state index >= 15 is 0 Å². The van der Waals surface area contributed by atoms with E-state index in [9.17, 15) is 4.79 Å². The Labute approximate surface area is 109 Å². The molecule has 1 saturated heterocycles. The van der Waals surface area contributed by atoms with E-state index < -0.39 is 6.10 Å². The summed E-state index contributed by atoms with van der Waals surface area (Å²) in [6, 6.07) is 12.1. The summed E-state index contributed by atoms with van der Waals surface area (Å²) in [5.41, 5.74) is 2.18. The van der Waals surface area contributed by atoms with E-state index in [-0.39, 0.29) is 12.1 Å². The number of carbonyl (C=O) groups is 1. The average Bonchev–Trinajstić information content (AvgIpc) is 3.03. The van der Waals surface area contributed by atoms with Crippen molar-refractivity contribution in [1.82, 2.24) is 0 Å². The minimum absolute atomic E-state index is 0.171. The quantitative estimate of drug-likeness (QED) is 0.629. The summed E-state index contributed by atoms with van der Waals surface area (Å²) in [4.78, 5) is 12.6. The van der Waals surface area contributed by atoms with Crippen LogP contribution in [0.4, 0.5) is 0 Å². The Morgan fingerprint density at radius 2 is 2.11 bits per heavy atom. The molecule has 1 aliphatic heterocycles. The summed E-state index contributed by atoms with van der Waals surface area (Å²) >= 11 is 1.68. The van der Waals surface area contributed by atoms with Gasteiger partial charge in [-0.1, -0.05) is 30.3 Å². The Morgan fingerprint density at radius 3 is 2.83 bits per heavy atom. The van der Waals surface area contributed by atoms with Crippen LogP contribution in [0.25, 0.3) is 10.4 Å². The van der Waals surface area contributed by atoms with Crippen LogP contribution in [0.5, 0.6) is 0 Å². The normalized spacial score (nSPS) is 21.6. The molecule has 1 aromatic heterocycles. The molecule has 0 bridgehead atoms. The van der Waals surface area contributed by atoms with Crippen molar-refractivity contribution in [3.8, 4) is 10.4 Å². The lowest BCUT2D eigenvalue weighted by atomic mass is 10.0. The Morgan fingerprint density at radius 1 is 1.28 bits per heavy atom. The number of rotatable bonds is 3. The molecule has 0 spiro atoms. The number of ether oxygens (including phenoxy) is 2. The van der Waals surface area contributed by atoms with Crippen LogP contribution in [0.2, 0.25) is 0 Å². The van der Waals surface area contributed by atoms with Gasteiger partial charge in [-0.15, -0.1) is 11.3 Å². The van der Waals surface area contributed by atoms with Crippen LogP contribution in [0.15, 0.2) is 41.8 Å². The summed E-state index contributed by atoms with van der Waals surface area (Å²) in [5.74, 6) is -0.305. The van der Waals surface area contributed by atoms with Crippen molar-refractivity contribution in [2.75, 3.05) is 7.11 Å². The Hall–Kier alpha value is -1.65. The molecule has 2 atom stereocenters. The fourth-order valence-corrected chi connectivity index (χ4v) is 2.82. The molecule has 1 fully saturated rings. The van der Waals surface area contributed by atoms with Gasteiger partial charge in [-0.2, -0.15) is 0 Å². The SMILES string of the molecule is COC(=O)[C@@H]1O[C@H]1c1ccccc1-c1cccs1. The Balaban J connectivity index is 1.93. The third-order valence-corrected chi connectivity index (χ3v) is 3.88. The second-order valence-electron chi connectivity index (χ2n) is 4.06. The molecule has 0 amide bonds. The maximum atomic E-state index is 11.4. The molecule has 1 aliphatic rings. The predicted octanol–water partition coefficient (Wildman–Crippen LogP) is 3.03. The molecule has 0 radical (unpaired) electrons. The largest absolute Gasteiger partial charge is 0.467 e. The second-order valence-corrected chi connectivity index (χ2v) is 5.01. The van der Waals surface area contributed by atoms with Crippen LogP contribution in [0.1, 0.15) is 11.7 Å². The van der Waals surface area contributed by atoms with Gasteiger partial charge in [0.05, 0.1) is 7.11 Å². The fraction of sp³-hybridized carbons (Fsp3) is 0.214. The summed E-state index contributed by atoms with van der Waals surface area (Å²) in [6.07, 6.45) is -0.619. The average molecular weight is 260 g/mol. The highest BCUT2D eigenvalue weighted by molar-refractivity contribution is 7.13. The molecule has 0 unspecified atom stereocenters. The predicted molar refractivity (Wildman–Crippen MR) is 69.4 cm³/mol. The molecule has 1 aromatic carbocycles. The van der Waals surface area contributed by atoms with Crippen LogP contribution >= 0.6 is 11.3 Å². The number of thiophene rings is 1. The van der Waals surface area contributed by atoms with Crippen LogP contribution in [-0.4, -0.2) is 19.2 Å². The van der Waals surface area contributed by atoms with Crippen molar-refractivity contribution < 1.29 is 14.3 Å². The van der Waals surface area contributed by atoms with Gasteiger partial charge in [-0.05, 0) is 22.6 Å². The molecule has 0 saturated carbocycles. The number of benzene rings is 1. The number of methoxy groups -OCH3 is 1. The highest BCUT2D eigenvalue weighted by Crippen LogP contribution is 2.44. The van der Waals surface area contributed by atoms with E-state index in [0.717, 1.165) is 11.1 Å². The van der Waals surface area contributed by atoms with E-state index in [0.29, 0.717) is 0 Å². The molecule has 4 heteroatoms. The van der Waals surface area contributed by atoms with Crippen molar-refractivity contribution in [2.24, 2.45) is 0 Å². The third-order valence-electron chi connectivity index (χ3n) is 2.98. The molecule has 3 rings (SSSR count). The van der Waals surface area contributed by atoms with E-state index in [2.05, 4.69) is 12.1 Å². The van der Waals surface area contributed by atoms with Crippen LogP contribution in [-0.2, 0) is 14.3 Å². The van der Waals surface area contributed by atoms with E-state index in [1.807, 2.05) is 29.6 Å². The molecular formula is C14H12O3S. The van der Waals surface area contributed by atoms with Crippen LogP contribution in [0.3, 0.4) is 0 Å². The van der Waals surface area contributed by atoms with Gasteiger partial charge in [0.1, 0.15) is 6.10 Å². The topological polar surface area (TPSA) is 38.8 Å². The number of esters is 1. The van der Waals surface area contributed by atoms with Gasteiger partial charge in [0.15, 0.2) is 6.10 Å². The minimum atomic E-state index is -0.448. The van der Waals surface area contributed by atoms with Crippen molar-refractivity contribution in [2.45, 2.75) is 12.2 Å². The number of carbonyl (C=O) groups excluding carboxylic acids is 1. The zero-order valence-corrected chi connectivity index (χ0v) is 10.6. The monoisotopic (exact) mass is 260 g/mol. The van der Waals surface area contributed by atoms with Gasteiger partial charge in [0.25, 0.3) is 0 Å². The van der Waals surface area contributed by atoms with Gasteiger partial charge in [-0.25, -0.2) is 4.79 Å². The van der Waals surface area contributed by atoms with E-state index in [1.54, 1.807) is 11.3 Å². The first-order chi connectivity index (χ1) is 8.81. The fourth-order valence-electron chi connectivity index (χ4n) is 2.05. The van der Waals surface area contributed by atoms with Gasteiger partial charge in [0, 0.05) is 4.88 Å². The lowest BCUT2D eigenvalue weighted by Crippen LogP contribution is -2.09. The summed E-state index contributed by atoms with van der Waals surface area (Å²) in [5, 5.41) is 2.04.